The molecule has 0 spiro atoms. The summed E-state index contributed by atoms with van der Waals surface area (Å²) in [6, 6.07) is 7.40. The van der Waals surface area contributed by atoms with Crippen molar-refractivity contribution in [2.24, 2.45) is 12.0 Å². The largest absolute Gasteiger partial charge is 0.384 e. The monoisotopic (exact) mass is 558 g/mol. The zero-order valence-corrected chi connectivity index (χ0v) is 20.1. The average molecular weight is 558 g/mol. The summed E-state index contributed by atoms with van der Waals surface area (Å²) in [6.45, 7) is 5.19. The Hall–Kier alpha value is -2.40. The van der Waals surface area contributed by atoms with E-state index in [2.05, 4.69) is 32.1 Å². The Balaban J connectivity index is 2.08. The van der Waals surface area contributed by atoms with Crippen LogP contribution >= 0.6 is 28.4 Å². The summed E-state index contributed by atoms with van der Waals surface area (Å²) in [6.07, 6.45) is -0.129. The number of rotatable bonds is 9. The van der Waals surface area contributed by atoms with E-state index in [0.29, 0.717) is 23.6 Å². The van der Waals surface area contributed by atoms with Crippen LogP contribution in [0.5, 0.6) is 0 Å². The molecule has 0 fully saturated rings. The lowest BCUT2D eigenvalue weighted by Crippen LogP contribution is -2.21. The highest BCUT2D eigenvalue weighted by Crippen LogP contribution is 2.44. The summed E-state index contributed by atoms with van der Waals surface area (Å²) in [4.78, 5) is 12.7. The van der Waals surface area contributed by atoms with Gasteiger partial charge in [0.1, 0.15) is 17.8 Å². The lowest BCUT2D eigenvalue weighted by atomic mass is 10.0. The number of nitrogen functional groups attached to an aromatic ring is 1. The van der Waals surface area contributed by atoms with Crippen LogP contribution in [0.25, 0.3) is 11.4 Å². The number of hydrogen-bond acceptors (Lipinski definition) is 7. The SMILES string of the molecule is C=Nc1c(Nc2cccc(-c3ncn(C)n3)c2CC)cc(N)nc1N(CC(F)F)PI. The summed E-state index contributed by atoms with van der Waals surface area (Å²) in [5.74, 6) is 1.08. The number of nitrogens with zero attached hydrogens (tertiary/aromatic N) is 6. The fraction of sp³-hybridized carbons (Fsp3) is 0.263. The summed E-state index contributed by atoms with van der Waals surface area (Å²) >= 11 is 2.03. The van der Waals surface area contributed by atoms with Gasteiger partial charge in [0.05, 0.1) is 12.2 Å². The first-order valence-corrected chi connectivity index (χ1v) is 13.4. The Kier molecular flexibility index (Phi) is 7.71. The molecule has 0 radical (unpaired) electrons. The highest BCUT2D eigenvalue weighted by Gasteiger charge is 2.21. The quantitative estimate of drug-likeness (QED) is 0.215. The molecule has 1 aromatic carbocycles. The molecule has 12 heteroatoms. The third kappa shape index (κ3) is 5.27. The van der Waals surface area contributed by atoms with Crippen LogP contribution in [0.2, 0.25) is 0 Å². The second kappa shape index (κ2) is 10.3. The van der Waals surface area contributed by atoms with Gasteiger partial charge >= 0.3 is 0 Å². The lowest BCUT2D eigenvalue weighted by molar-refractivity contribution is 0.159. The topological polar surface area (TPSA) is 97.2 Å². The van der Waals surface area contributed by atoms with Crippen LogP contribution in [0.3, 0.4) is 0 Å². The standard InChI is InChI=1S/C19H22F2IN8P/c1-4-11-12(18-25-10-29(3)28-18)6-5-7-13(11)26-14-8-16(23)27-19(17(14)24-2)30(31-22)9-15(20)21/h5-8,10,15,31H,2,4,9H2,1,3H3,(H3,23,26,27). The van der Waals surface area contributed by atoms with E-state index in [0.717, 1.165) is 16.8 Å². The van der Waals surface area contributed by atoms with E-state index in [1.807, 2.05) is 54.2 Å². The Labute approximate surface area is 193 Å². The molecular weight excluding hydrogens is 536 g/mol. The number of benzene rings is 1. The van der Waals surface area contributed by atoms with E-state index in [1.165, 1.54) is 4.67 Å². The number of anilines is 4. The molecule has 0 aliphatic carbocycles. The highest BCUT2D eigenvalue weighted by molar-refractivity contribution is 14.2. The number of nitrogens with two attached hydrogens (primary N) is 1. The van der Waals surface area contributed by atoms with E-state index in [1.54, 1.807) is 17.1 Å². The second-order valence-electron chi connectivity index (χ2n) is 6.56. The van der Waals surface area contributed by atoms with Crippen molar-refractivity contribution in [3.63, 3.8) is 0 Å². The smallest absolute Gasteiger partial charge is 0.256 e. The van der Waals surface area contributed by atoms with Crippen molar-refractivity contribution < 1.29 is 8.78 Å². The fourth-order valence-corrected chi connectivity index (χ4v) is 4.90. The zero-order valence-electron chi connectivity index (χ0n) is 17.0. The Bertz CT molecular complexity index is 1080. The van der Waals surface area contributed by atoms with Crippen molar-refractivity contribution >= 4 is 63.8 Å². The Morgan fingerprint density at radius 3 is 2.74 bits per heavy atom. The predicted molar refractivity (Wildman–Crippen MR) is 133 cm³/mol. The number of aliphatic imine (C=N–C) groups is 1. The average Bonchev–Trinajstić information content (AvgIpc) is 3.17. The van der Waals surface area contributed by atoms with Crippen LogP contribution in [-0.2, 0) is 13.5 Å². The first-order chi connectivity index (χ1) is 14.9. The third-order valence-electron chi connectivity index (χ3n) is 4.47. The molecule has 0 aliphatic rings. The van der Waals surface area contributed by atoms with Crippen LogP contribution in [0.4, 0.5) is 37.5 Å². The molecule has 0 amide bonds. The molecule has 0 bridgehead atoms. The van der Waals surface area contributed by atoms with Crippen molar-refractivity contribution in [1.82, 2.24) is 19.7 Å². The van der Waals surface area contributed by atoms with Crippen LogP contribution in [0, 0.1) is 0 Å². The summed E-state index contributed by atoms with van der Waals surface area (Å²) < 4.78 is 29.2. The van der Waals surface area contributed by atoms with Crippen molar-refractivity contribution in [2.45, 2.75) is 19.8 Å². The number of halogens is 3. The molecule has 2 heterocycles. The second-order valence-corrected chi connectivity index (χ2v) is 8.72. The van der Waals surface area contributed by atoms with Gasteiger partial charge in [-0.3, -0.25) is 9.67 Å². The Morgan fingerprint density at radius 2 is 2.16 bits per heavy atom. The van der Waals surface area contributed by atoms with Crippen LogP contribution in [0.15, 0.2) is 35.6 Å². The number of pyridine rings is 1. The molecule has 8 nitrogen and oxygen atoms in total. The van der Waals surface area contributed by atoms with E-state index >= 15 is 0 Å². The maximum absolute atomic E-state index is 13.1. The van der Waals surface area contributed by atoms with Gasteiger partial charge in [0.15, 0.2) is 11.6 Å². The minimum atomic E-state index is -2.52. The van der Waals surface area contributed by atoms with E-state index in [9.17, 15) is 8.78 Å². The first-order valence-electron chi connectivity index (χ1n) is 9.32. The van der Waals surface area contributed by atoms with Gasteiger partial charge in [-0.25, -0.2) is 18.7 Å². The van der Waals surface area contributed by atoms with Crippen LogP contribution in [-0.4, -0.2) is 39.4 Å². The number of alkyl halides is 2. The molecule has 0 saturated carbocycles. The van der Waals surface area contributed by atoms with Crippen molar-refractivity contribution in [1.29, 1.82) is 0 Å². The van der Waals surface area contributed by atoms with Crippen molar-refractivity contribution in [2.75, 3.05) is 22.3 Å². The fourth-order valence-electron chi connectivity index (χ4n) is 3.18. The maximum atomic E-state index is 13.1. The van der Waals surface area contributed by atoms with E-state index in [4.69, 9.17) is 5.73 Å². The molecule has 1 unspecified atom stereocenters. The minimum absolute atomic E-state index is 0.0292. The normalized spacial score (nSPS) is 11.4. The number of aromatic nitrogens is 4. The van der Waals surface area contributed by atoms with Crippen LogP contribution in [0.1, 0.15) is 12.5 Å². The van der Waals surface area contributed by atoms with Gasteiger partial charge in [0, 0.05) is 30.7 Å². The number of nitrogens with one attached hydrogen (secondary N) is 1. The molecule has 0 saturated heterocycles. The van der Waals surface area contributed by atoms with E-state index < -0.39 is 13.0 Å². The number of aryl methyl sites for hydroxylation is 1. The molecule has 3 rings (SSSR count). The van der Waals surface area contributed by atoms with Gasteiger partial charge in [0.2, 0.25) is 0 Å². The highest BCUT2D eigenvalue weighted by atomic mass is 127. The lowest BCUT2D eigenvalue weighted by Gasteiger charge is -2.24. The van der Waals surface area contributed by atoms with Gasteiger partial charge in [-0.2, -0.15) is 5.10 Å². The van der Waals surface area contributed by atoms with Crippen LogP contribution < -0.4 is 15.7 Å². The van der Waals surface area contributed by atoms with Crippen molar-refractivity contribution in [3.05, 3.63) is 36.2 Å². The van der Waals surface area contributed by atoms with Crippen molar-refractivity contribution in [3.8, 4) is 11.4 Å². The predicted octanol–water partition coefficient (Wildman–Crippen LogP) is 5.11. The van der Waals surface area contributed by atoms with Gasteiger partial charge < -0.3 is 15.7 Å². The Morgan fingerprint density at radius 1 is 1.39 bits per heavy atom. The molecule has 3 N–H and O–H groups in total. The maximum Gasteiger partial charge on any atom is 0.256 e. The third-order valence-corrected chi connectivity index (χ3v) is 6.82. The molecule has 0 aliphatic heterocycles. The first kappa shape index (κ1) is 23.3. The molecule has 3 aromatic rings. The molecular formula is C19H22F2IN8P. The summed E-state index contributed by atoms with van der Waals surface area (Å²) in [5, 5.41) is 7.75. The molecule has 164 valence electrons. The van der Waals surface area contributed by atoms with Gasteiger partial charge in [-0.1, -0.05) is 19.1 Å². The zero-order chi connectivity index (χ0) is 22.5. The van der Waals surface area contributed by atoms with Gasteiger partial charge in [-0.15, -0.1) is 0 Å². The molecule has 31 heavy (non-hydrogen) atoms. The summed E-state index contributed by atoms with van der Waals surface area (Å²) in [7, 11) is 1.81. The molecule has 1 atom stereocenters. The minimum Gasteiger partial charge on any atom is -0.384 e. The molecule has 2 aromatic heterocycles. The van der Waals surface area contributed by atoms with Gasteiger partial charge in [-0.05, 0) is 46.8 Å². The summed E-state index contributed by atoms with van der Waals surface area (Å²) in [5.41, 5.74) is 9.61. The van der Waals surface area contributed by atoms with Gasteiger partial charge in [0.25, 0.3) is 6.43 Å². The number of hydrogen-bond donors (Lipinski definition) is 2. The van der Waals surface area contributed by atoms with E-state index in [-0.39, 0.29) is 18.0 Å².